The van der Waals surface area contributed by atoms with E-state index in [1.807, 2.05) is 13.0 Å². The average Bonchev–Trinajstić information content (AvgIpc) is 2.40. The minimum atomic E-state index is 0.704. The zero-order valence-corrected chi connectivity index (χ0v) is 9.84. The number of anilines is 1. The maximum absolute atomic E-state index is 5.15. The Morgan fingerprint density at radius 3 is 2.82 bits per heavy atom. The molecule has 0 aliphatic rings. The third kappa shape index (κ3) is 2.50. The van der Waals surface area contributed by atoms with Crippen LogP contribution in [0.25, 0.3) is 11.3 Å². The van der Waals surface area contributed by atoms with Crippen molar-refractivity contribution >= 4 is 5.82 Å². The van der Waals surface area contributed by atoms with Crippen molar-refractivity contribution in [3.05, 3.63) is 30.9 Å². The molecule has 5 nitrogen and oxygen atoms in total. The van der Waals surface area contributed by atoms with Gasteiger partial charge in [0.2, 0.25) is 0 Å². The Bertz CT molecular complexity index is 501. The van der Waals surface area contributed by atoms with Crippen molar-refractivity contribution in [2.24, 2.45) is 0 Å². The van der Waals surface area contributed by atoms with Gasteiger partial charge < -0.3 is 10.1 Å². The Morgan fingerprint density at radius 1 is 1.24 bits per heavy atom. The lowest BCUT2D eigenvalue weighted by atomic mass is 10.2. The highest BCUT2D eigenvalue weighted by Gasteiger charge is 2.08. The zero-order chi connectivity index (χ0) is 12.1. The lowest BCUT2D eigenvalue weighted by molar-refractivity contribution is 0.413. The van der Waals surface area contributed by atoms with Gasteiger partial charge in [0, 0.05) is 30.7 Å². The summed E-state index contributed by atoms with van der Waals surface area (Å²) in [5.41, 5.74) is 1.66. The van der Waals surface area contributed by atoms with Gasteiger partial charge >= 0.3 is 0 Å². The van der Waals surface area contributed by atoms with Crippen LogP contribution in [0.5, 0.6) is 5.75 Å². The Labute approximate surface area is 99.9 Å². The molecule has 0 aromatic carbocycles. The van der Waals surface area contributed by atoms with Crippen LogP contribution in [-0.4, -0.2) is 28.6 Å². The van der Waals surface area contributed by atoms with E-state index in [4.69, 9.17) is 4.74 Å². The highest BCUT2D eigenvalue weighted by Crippen LogP contribution is 2.25. The first-order valence-corrected chi connectivity index (χ1v) is 5.39. The second-order valence-electron chi connectivity index (χ2n) is 3.40. The Morgan fingerprint density at radius 2 is 2.06 bits per heavy atom. The van der Waals surface area contributed by atoms with Crippen LogP contribution >= 0.6 is 0 Å². The van der Waals surface area contributed by atoms with Crippen LogP contribution in [0.1, 0.15) is 6.92 Å². The molecule has 0 aliphatic carbocycles. The number of nitrogens with one attached hydrogen (secondary N) is 1. The lowest BCUT2D eigenvalue weighted by Gasteiger charge is -2.08. The van der Waals surface area contributed by atoms with Crippen molar-refractivity contribution in [1.82, 2.24) is 15.0 Å². The fraction of sp³-hybridized carbons (Fsp3) is 0.250. The molecular weight excluding hydrogens is 216 g/mol. The summed E-state index contributed by atoms with van der Waals surface area (Å²) in [5, 5.41) is 3.17. The minimum absolute atomic E-state index is 0.704. The molecule has 0 amide bonds. The zero-order valence-electron chi connectivity index (χ0n) is 9.84. The number of pyridine rings is 1. The number of hydrogen-bond donors (Lipinski definition) is 1. The number of aromatic nitrogens is 3. The smallest absolute Gasteiger partial charge is 0.152 e. The number of methoxy groups -OCH3 is 1. The molecule has 88 valence electrons. The average molecular weight is 230 g/mol. The summed E-state index contributed by atoms with van der Waals surface area (Å²) >= 11 is 0. The molecule has 1 N–H and O–H groups in total. The normalized spacial score (nSPS) is 10.0. The second kappa shape index (κ2) is 5.25. The van der Waals surface area contributed by atoms with Crippen LogP contribution in [0.2, 0.25) is 0 Å². The molecule has 17 heavy (non-hydrogen) atoms. The Kier molecular flexibility index (Phi) is 3.49. The first kappa shape index (κ1) is 11.3. The maximum Gasteiger partial charge on any atom is 0.152 e. The molecule has 0 saturated heterocycles. The highest BCUT2D eigenvalue weighted by molar-refractivity contribution is 5.71. The quantitative estimate of drug-likeness (QED) is 0.870. The summed E-state index contributed by atoms with van der Waals surface area (Å²) < 4.78 is 5.15. The summed E-state index contributed by atoms with van der Waals surface area (Å²) in [6.07, 6.45) is 6.73. The van der Waals surface area contributed by atoms with E-state index < -0.39 is 0 Å². The number of rotatable bonds is 4. The van der Waals surface area contributed by atoms with Gasteiger partial charge in [-0.05, 0) is 13.0 Å². The van der Waals surface area contributed by atoms with Gasteiger partial charge in [-0.25, -0.2) is 4.98 Å². The number of nitrogens with zero attached hydrogens (tertiary/aromatic N) is 3. The van der Waals surface area contributed by atoms with E-state index in [1.165, 1.54) is 0 Å². The predicted octanol–water partition coefficient (Wildman–Crippen LogP) is 1.98. The van der Waals surface area contributed by atoms with E-state index in [0.717, 1.165) is 23.6 Å². The van der Waals surface area contributed by atoms with Crippen molar-refractivity contribution in [3.63, 3.8) is 0 Å². The van der Waals surface area contributed by atoms with E-state index >= 15 is 0 Å². The molecule has 0 unspecified atom stereocenters. The molecule has 0 bridgehead atoms. The second-order valence-corrected chi connectivity index (χ2v) is 3.40. The van der Waals surface area contributed by atoms with Gasteiger partial charge in [-0.2, -0.15) is 0 Å². The lowest BCUT2D eigenvalue weighted by Crippen LogP contribution is -2.02. The molecule has 2 aromatic rings. The molecule has 0 radical (unpaired) electrons. The van der Waals surface area contributed by atoms with Gasteiger partial charge in [0.15, 0.2) is 5.82 Å². The SMILES string of the molecule is CCNc1nccnc1-c1cncc(OC)c1. The topological polar surface area (TPSA) is 59.9 Å². The standard InChI is InChI=1S/C12H14N4O/c1-3-14-12-11(15-4-5-16-12)9-6-10(17-2)8-13-7-9/h4-8H,3H2,1-2H3,(H,14,16). The van der Waals surface area contributed by atoms with Gasteiger partial charge in [-0.3, -0.25) is 9.97 Å². The van der Waals surface area contributed by atoms with Crippen molar-refractivity contribution < 1.29 is 4.74 Å². The first-order valence-electron chi connectivity index (χ1n) is 5.39. The van der Waals surface area contributed by atoms with Crippen molar-refractivity contribution in [1.29, 1.82) is 0 Å². The Hall–Kier alpha value is -2.17. The monoisotopic (exact) mass is 230 g/mol. The van der Waals surface area contributed by atoms with E-state index in [0.29, 0.717) is 5.75 Å². The van der Waals surface area contributed by atoms with Gasteiger partial charge in [0.1, 0.15) is 11.4 Å². The van der Waals surface area contributed by atoms with Crippen molar-refractivity contribution in [2.75, 3.05) is 19.0 Å². The summed E-state index contributed by atoms with van der Waals surface area (Å²) in [6, 6.07) is 1.89. The third-order valence-corrected chi connectivity index (χ3v) is 2.26. The van der Waals surface area contributed by atoms with Crippen LogP contribution in [0, 0.1) is 0 Å². The highest BCUT2D eigenvalue weighted by atomic mass is 16.5. The van der Waals surface area contributed by atoms with E-state index in [1.54, 1.807) is 31.9 Å². The van der Waals surface area contributed by atoms with E-state index in [9.17, 15) is 0 Å². The molecule has 2 rings (SSSR count). The fourth-order valence-electron chi connectivity index (χ4n) is 1.51. The van der Waals surface area contributed by atoms with Crippen LogP contribution in [-0.2, 0) is 0 Å². The maximum atomic E-state index is 5.15. The summed E-state index contributed by atoms with van der Waals surface area (Å²) in [5.74, 6) is 1.46. The molecule has 2 aromatic heterocycles. The van der Waals surface area contributed by atoms with Crippen LogP contribution in [0.15, 0.2) is 30.9 Å². The number of hydrogen-bond acceptors (Lipinski definition) is 5. The van der Waals surface area contributed by atoms with Gasteiger partial charge in [0.25, 0.3) is 0 Å². The van der Waals surface area contributed by atoms with Crippen LogP contribution in [0.3, 0.4) is 0 Å². The molecule has 0 aliphatic heterocycles. The number of ether oxygens (including phenoxy) is 1. The predicted molar refractivity (Wildman–Crippen MR) is 66.0 cm³/mol. The van der Waals surface area contributed by atoms with Gasteiger partial charge in [-0.15, -0.1) is 0 Å². The Balaban J connectivity index is 2.44. The van der Waals surface area contributed by atoms with Gasteiger partial charge in [-0.1, -0.05) is 0 Å². The summed E-state index contributed by atoms with van der Waals surface area (Å²) in [4.78, 5) is 12.7. The van der Waals surface area contributed by atoms with E-state index in [-0.39, 0.29) is 0 Å². The third-order valence-electron chi connectivity index (χ3n) is 2.26. The molecule has 0 saturated carbocycles. The fourth-order valence-corrected chi connectivity index (χ4v) is 1.51. The molecule has 0 spiro atoms. The van der Waals surface area contributed by atoms with Gasteiger partial charge in [0.05, 0.1) is 13.3 Å². The largest absolute Gasteiger partial charge is 0.495 e. The van der Waals surface area contributed by atoms with Crippen LogP contribution in [0.4, 0.5) is 5.82 Å². The van der Waals surface area contributed by atoms with E-state index in [2.05, 4.69) is 20.3 Å². The molecule has 5 heteroatoms. The molecular formula is C12H14N4O. The summed E-state index contributed by atoms with van der Waals surface area (Å²) in [7, 11) is 1.61. The molecule has 0 atom stereocenters. The molecule has 2 heterocycles. The summed E-state index contributed by atoms with van der Waals surface area (Å²) in [6.45, 7) is 2.81. The van der Waals surface area contributed by atoms with Crippen molar-refractivity contribution in [2.45, 2.75) is 6.92 Å². The molecule has 0 fully saturated rings. The van der Waals surface area contributed by atoms with Crippen LogP contribution < -0.4 is 10.1 Å². The first-order chi connectivity index (χ1) is 8.35. The minimum Gasteiger partial charge on any atom is -0.495 e. The van der Waals surface area contributed by atoms with Crippen molar-refractivity contribution in [3.8, 4) is 17.0 Å².